The van der Waals surface area contributed by atoms with Gasteiger partial charge >= 0.3 is 11.9 Å². The van der Waals surface area contributed by atoms with Crippen LogP contribution in [0.1, 0.15) is 32.6 Å². The van der Waals surface area contributed by atoms with Crippen molar-refractivity contribution in [1.82, 2.24) is 5.32 Å². The topological polar surface area (TPSA) is 99.9 Å². The number of rotatable bonds is 7. The fraction of sp³-hybridized carbons (Fsp3) is 0.846. The number of nitrogens with one attached hydrogen (secondary N) is 1. The lowest BCUT2D eigenvalue weighted by atomic mass is 10.0. The Labute approximate surface area is 119 Å². The molecular formula is C13H24N2O5. The molecule has 0 radical (unpaired) electrons. The fourth-order valence-electron chi connectivity index (χ4n) is 1.92. The van der Waals surface area contributed by atoms with Gasteiger partial charge in [-0.3, -0.25) is 14.9 Å². The number of hydrogen-bond donors (Lipinski definition) is 2. The van der Waals surface area contributed by atoms with Crippen LogP contribution in [0.25, 0.3) is 0 Å². The molecule has 1 heterocycles. The van der Waals surface area contributed by atoms with E-state index in [-0.39, 0.29) is 37.3 Å². The van der Waals surface area contributed by atoms with Crippen LogP contribution in [0.3, 0.4) is 0 Å². The normalized spacial score (nSPS) is 23.9. The number of carbonyl (C=O) groups is 2. The summed E-state index contributed by atoms with van der Waals surface area (Å²) in [6.07, 6.45) is 2.33. The Morgan fingerprint density at radius 3 is 2.80 bits per heavy atom. The molecule has 3 N–H and O–H groups in total. The van der Waals surface area contributed by atoms with Crippen molar-refractivity contribution in [3.8, 4) is 0 Å². The van der Waals surface area contributed by atoms with E-state index in [1.807, 2.05) is 6.92 Å². The summed E-state index contributed by atoms with van der Waals surface area (Å²) in [7, 11) is 1.30. The van der Waals surface area contributed by atoms with Crippen molar-refractivity contribution in [2.24, 2.45) is 5.73 Å². The number of hydrogen-bond acceptors (Lipinski definition) is 7. The summed E-state index contributed by atoms with van der Waals surface area (Å²) < 4.78 is 15.1. The molecule has 0 spiro atoms. The number of nitrogens with two attached hydrogens (primary N) is 1. The Balaban J connectivity index is 2.27. The summed E-state index contributed by atoms with van der Waals surface area (Å²) in [4.78, 5) is 22.7. The highest BCUT2D eigenvalue weighted by Crippen LogP contribution is 2.15. The van der Waals surface area contributed by atoms with Gasteiger partial charge in [-0.05, 0) is 26.2 Å². The molecule has 3 unspecified atom stereocenters. The Morgan fingerprint density at radius 2 is 2.15 bits per heavy atom. The first-order valence-electron chi connectivity index (χ1n) is 6.89. The van der Waals surface area contributed by atoms with Crippen molar-refractivity contribution in [1.29, 1.82) is 0 Å². The van der Waals surface area contributed by atoms with Crippen molar-refractivity contribution in [3.63, 3.8) is 0 Å². The lowest BCUT2D eigenvalue weighted by Crippen LogP contribution is -2.49. The van der Waals surface area contributed by atoms with Crippen LogP contribution < -0.4 is 11.1 Å². The van der Waals surface area contributed by atoms with E-state index < -0.39 is 5.97 Å². The molecule has 0 aromatic heterocycles. The highest BCUT2D eigenvalue weighted by molar-refractivity contribution is 5.76. The molecule has 0 aromatic carbocycles. The maximum Gasteiger partial charge on any atom is 0.323 e. The summed E-state index contributed by atoms with van der Waals surface area (Å²) in [6, 6.07) is -0.427. The van der Waals surface area contributed by atoms with Crippen molar-refractivity contribution in [2.75, 3.05) is 20.3 Å². The van der Waals surface area contributed by atoms with Crippen LogP contribution in [0.5, 0.6) is 0 Å². The van der Waals surface area contributed by atoms with Crippen molar-refractivity contribution in [3.05, 3.63) is 0 Å². The van der Waals surface area contributed by atoms with Crippen molar-refractivity contribution >= 4 is 11.9 Å². The third-order valence-corrected chi connectivity index (χ3v) is 2.97. The molecule has 7 nitrogen and oxygen atoms in total. The Morgan fingerprint density at radius 1 is 1.40 bits per heavy atom. The summed E-state index contributed by atoms with van der Waals surface area (Å²) >= 11 is 0. The molecule has 116 valence electrons. The minimum absolute atomic E-state index is 0.0368. The van der Waals surface area contributed by atoms with Crippen LogP contribution in [-0.2, 0) is 23.8 Å². The monoisotopic (exact) mass is 288 g/mol. The first kappa shape index (κ1) is 16.9. The van der Waals surface area contributed by atoms with E-state index in [4.69, 9.17) is 15.2 Å². The quantitative estimate of drug-likeness (QED) is 0.632. The molecule has 7 heteroatoms. The predicted octanol–water partition coefficient (Wildman–Crippen LogP) is -0.0753. The number of esters is 2. The first-order valence-corrected chi connectivity index (χ1v) is 6.89. The molecule has 20 heavy (non-hydrogen) atoms. The molecule has 0 bridgehead atoms. The zero-order valence-corrected chi connectivity index (χ0v) is 12.1. The minimum atomic E-state index is -0.396. The number of piperidine rings is 1. The summed E-state index contributed by atoms with van der Waals surface area (Å²) in [6.45, 7) is 2.35. The number of ether oxygens (including phenoxy) is 3. The molecule has 0 saturated carbocycles. The zero-order chi connectivity index (χ0) is 15.0. The van der Waals surface area contributed by atoms with E-state index in [2.05, 4.69) is 10.1 Å². The largest absolute Gasteiger partial charge is 0.469 e. The van der Waals surface area contributed by atoms with Crippen molar-refractivity contribution < 1.29 is 23.8 Å². The third-order valence-electron chi connectivity index (χ3n) is 2.97. The van der Waals surface area contributed by atoms with Crippen LogP contribution in [0.15, 0.2) is 0 Å². The van der Waals surface area contributed by atoms with E-state index in [1.165, 1.54) is 7.11 Å². The molecule has 0 aliphatic carbocycles. The van der Waals surface area contributed by atoms with Crippen LogP contribution in [0.2, 0.25) is 0 Å². The van der Waals surface area contributed by atoms with E-state index in [1.54, 1.807) is 0 Å². The number of methoxy groups -OCH3 is 1. The Bertz CT molecular complexity index is 322. The summed E-state index contributed by atoms with van der Waals surface area (Å²) in [5, 5.41) is 3.09. The van der Waals surface area contributed by atoms with Gasteiger partial charge in [0.05, 0.1) is 20.1 Å². The standard InChI is InChI=1S/C13H24N2O5/c1-9(14)8-20-11-5-3-4-10(15-11)13(17)19-7-6-12(16)18-2/h9-11,15H,3-8,14H2,1-2H3. The van der Waals surface area contributed by atoms with E-state index >= 15 is 0 Å². The summed E-state index contributed by atoms with van der Waals surface area (Å²) in [5.74, 6) is -0.754. The molecule has 1 rings (SSSR count). The average molecular weight is 288 g/mol. The van der Waals surface area contributed by atoms with Gasteiger partial charge in [-0.25, -0.2) is 0 Å². The van der Waals surface area contributed by atoms with Gasteiger partial charge in [0, 0.05) is 6.04 Å². The Hall–Kier alpha value is -1.18. The lowest BCUT2D eigenvalue weighted by molar-refractivity contribution is -0.151. The summed E-state index contributed by atoms with van der Waals surface area (Å²) in [5.41, 5.74) is 5.62. The van der Waals surface area contributed by atoms with Gasteiger partial charge in [-0.1, -0.05) is 0 Å². The maximum absolute atomic E-state index is 11.8. The van der Waals surface area contributed by atoms with Gasteiger partial charge in [-0.15, -0.1) is 0 Å². The SMILES string of the molecule is COC(=O)CCOC(=O)C1CCCC(OCC(C)N)N1. The van der Waals surface area contributed by atoms with E-state index in [9.17, 15) is 9.59 Å². The van der Waals surface area contributed by atoms with Gasteiger partial charge in [0.1, 0.15) is 18.9 Å². The van der Waals surface area contributed by atoms with Crippen LogP contribution in [-0.4, -0.2) is 50.6 Å². The zero-order valence-electron chi connectivity index (χ0n) is 12.1. The Kier molecular flexibility index (Phi) is 7.50. The maximum atomic E-state index is 11.8. The lowest BCUT2D eigenvalue weighted by Gasteiger charge is -2.30. The second-order valence-corrected chi connectivity index (χ2v) is 4.94. The van der Waals surface area contributed by atoms with Crippen molar-refractivity contribution in [2.45, 2.75) is 50.9 Å². The van der Waals surface area contributed by atoms with Gasteiger partial charge in [0.25, 0.3) is 0 Å². The third kappa shape index (κ3) is 6.31. The molecule has 1 saturated heterocycles. The second-order valence-electron chi connectivity index (χ2n) is 4.94. The molecule has 0 amide bonds. The molecule has 1 aliphatic heterocycles. The highest BCUT2D eigenvalue weighted by atomic mass is 16.5. The predicted molar refractivity (Wildman–Crippen MR) is 71.8 cm³/mol. The molecule has 1 fully saturated rings. The number of carbonyl (C=O) groups excluding carboxylic acids is 2. The molecule has 1 aliphatic rings. The van der Waals surface area contributed by atoms with E-state index in [0.717, 1.165) is 12.8 Å². The average Bonchev–Trinajstić information content (AvgIpc) is 2.45. The van der Waals surface area contributed by atoms with Crippen LogP contribution in [0, 0.1) is 0 Å². The van der Waals surface area contributed by atoms with Gasteiger partial charge in [0.2, 0.25) is 0 Å². The molecular weight excluding hydrogens is 264 g/mol. The first-order chi connectivity index (χ1) is 9.52. The van der Waals surface area contributed by atoms with Gasteiger partial charge in [-0.2, -0.15) is 0 Å². The van der Waals surface area contributed by atoms with E-state index in [0.29, 0.717) is 13.0 Å². The van der Waals surface area contributed by atoms with Gasteiger partial charge in [0.15, 0.2) is 0 Å². The fourth-order valence-corrected chi connectivity index (χ4v) is 1.92. The molecule has 3 atom stereocenters. The minimum Gasteiger partial charge on any atom is -0.469 e. The van der Waals surface area contributed by atoms with Crippen LogP contribution in [0.4, 0.5) is 0 Å². The molecule has 0 aromatic rings. The smallest absolute Gasteiger partial charge is 0.323 e. The second kappa shape index (κ2) is 8.89. The van der Waals surface area contributed by atoms with Crippen LogP contribution >= 0.6 is 0 Å². The van der Waals surface area contributed by atoms with Gasteiger partial charge < -0.3 is 19.9 Å². The highest BCUT2D eigenvalue weighted by Gasteiger charge is 2.28.